The van der Waals surface area contributed by atoms with Crippen LogP contribution in [0.1, 0.15) is 5.69 Å². The molecule has 9 heteroatoms. The Morgan fingerprint density at radius 2 is 2.15 bits per heavy atom. The zero-order valence-electron chi connectivity index (χ0n) is 10.6. The lowest BCUT2D eigenvalue weighted by Gasteiger charge is -2.12. The van der Waals surface area contributed by atoms with Gasteiger partial charge >= 0.3 is 4.87 Å². The van der Waals surface area contributed by atoms with E-state index in [1.807, 2.05) is 0 Å². The zero-order valence-corrected chi connectivity index (χ0v) is 12.3. The van der Waals surface area contributed by atoms with Crippen LogP contribution in [0.4, 0.5) is 11.4 Å². The lowest BCUT2D eigenvalue weighted by atomic mass is 10.3. The average molecular weight is 314 g/mol. The number of aromatic amines is 1. The van der Waals surface area contributed by atoms with Crippen LogP contribution in [0.25, 0.3) is 0 Å². The lowest BCUT2D eigenvalue weighted by Crippen LogP contribution is -2.20. The van der Waals surface area contributed by atoms with E-state index < -0.39 is 10.0 Å². The van der Waals surface area contributed by atoms with Crippen molar-refractivity contribution in [3.8, 4) is 0 Å². The number of aromatic nitrogens is 1. The van der Waals surface area contributed by atoms with Crippen LogP contribution in [-0.4, -0.2) is 20.4 Å². The summed E-state index contributed by atoms with van der Waals surface area (Å²) in [6, 6.07) is 4.57. The fourth-order valence-corrected chi connectivity index (χ4v) is 3.13. The van der Waals surface area contributed by atoms with E-state index in [4.69, 9.17) is 5.73 Å². The number of hydrogen-bond donors (Lipinski definition) is 4. The normalized spacial score (nSPS) is 11.4. The zero-order chi connectivity index (χ0) is 14.8. The van der Waals surface area contributed by atoms with E-state index in [0.29, 0.717) is 23.6 Å². The summed E-state index contributed by atoms with van der Waals surface area (Å²) >= 11 is 1.05. The Hall–Kier alpha value is -1.84. The van der Waals surface area contributed by atoms with Crippen LogP contribution in [0, 0.1) is 0 Å². The molecule has 0 saturated carbocycles. The SMILES string of the molecule is CNS(=O)(=O)c1cc(N)ccc1NCc1csc(=O)[nH]1. The van der Waals surface area contributed by atoms with E-state index in [1.54, 1.807) is 17.5 Å². The molecule has 1 heterocycles. The van der Waals surface area contributed by atoms with Gasteiger partial charge in [-0.1, -0.05) is 11.3 Å². The second kappa shape index (κ2) is 5.65. The van der Waals surface area contributed by atoms with E-state index >= 15 is 0 Å². The summed E-state index contributed by atoms with van der Waals surface area (Å²) in [5.74, 6) is 0. The largest absolute Gasteiger partial charge is 0.399 e. The van der Waals surface area contributed by atoms with E-state index in [0.717, 1.165) is 11.3 Å². The highest BCUT2D eigenvalue weighted by Crippen LogP contribution is 2.24. The summed E-state index contributed by atoms with van der Waals surface area (Å²) in [6.45, 7) is 0.314. The maximum Gasteiger partial charge on any atom is 0.304 e. The van der Waals surface area contributed by atoms with Crippen LogP contribution in [0.2, 0.25) is 0 Å². The lowest BCUT2D eigenvalue weighted by molar-refractivity contribution is 0.588. The number of nitrogens with one attached hydrogen (secondary N) is 3. The summed E-state index contributed by atoms with van der Waals surface area (Å²) in [5, 5.41) is 4.65. The van der Waals surface area contributed by atoms with Gasteiger partial charge in [-0.05, 0) is 25.2 Å². The topological polar surface area (TPSA) is 117 Å². The van der Waals surface area contributed by atoms with Crippen molar-refractivity contribution in [2.75, 3.05) is 18.1 Å². The van der Waals surface area contributed by atoms with E-state index in [1.165, 1.54) is 13.1 Å². The van der Waals surface area contributed by atoms with Crippen LogP contribution < -0.4 is 20.6 Å². The first-order chi connectivity index (χ1) is 9.42. The Morgan fingerprint density at radius 1 is 1.40 bits per heavy atom. The van der Waals surface area contributed by atoms with Crippen LogP contribution in [-0.2, 0) is 16.6 Å². The number of nitrogens with two attached hydrogens (primary N) is 1. The summed E-state index contributed by atoms with van der Waals surface area (Å²) in [5.41, 5.74) is 7.08. The summed E-state index contributed by atoms with van der Waals surface area (Å²) < 4.78 is 26.1. The molecule has 0 atom stereocenters. The molecule has 0 amide bonds. The number of benzene rings is 1. The molecule has 0 aliphatic heterocycles. The van der Waals surface area contributed by atoms with Gasteiger partial charge in [0.25, 0.3) is 0 Å². The second-order valence-corrected chi connectivity index (χ2v) is 6.69. The molecule has 0 spiro atoms. The monoisotopic (exact) mass is 314 g/mol. The highest BCUT2D eigenvalue weighted by molar-refractivity contribution is 7.89. The number of thiazole rings is 1. The van der Waals surface area contributed by atoms with E-state index in [2.05, 4.69) is 15.0 Å². The standard InChI is InChI=1S/C11H14N4O3S2/c1-13-20(17,18)10-4-7(12)2-3-9(10)14-5-8-6-19-11(16)15-8/h2-4,6,13-14H,5,12H2,1H3,(H,15,16). The Labute approximate surface area is 119 Å². The number of rotatable bonds is 5. The third kappa shape index (κ3) is 3.18. The first kappa shape index (κ1) is 14.6. The second-order valence-electron chi connectivity index (χ2n) is 3.99. The van der Waals surface area contributed by atoms with Crippen LogP contribution >= 0.6 is 11.3 Å². The predicted octanol–water partition coefficient (Wildman–Crippen LogP) is 0.539. The molecule has 0 saturated heterocycles. The van der Waals surface area contributed by atoms with Crippen molar-refractivity contribution >= 4 is 32.7 Å². The van der Waals surface area contributed by atoms with Crippen molar-refractivity contribution in [3.05, 3.63) is 38.9 Å². The number of hydrogen-bond acceptors (Lipinski definition) is 6. The van der Waals surface area contributed by atoms with Gasteiger partial charge in [0.15, 0.2) is 0 Å². The highest BCUT2D eigenvalue weighted by atomic mass is 32.2. The van der Waals surface area contributed by atoms with Crippen molar-refractivity contribution < 1.29 is 8.42 Å². The molecular weight excluding hydrogens is 300 g/mol. The van der Waals surface area contributed by atoms with Crippen molar-refractivity contribution in [1.29, 1.82) is 0 Å². The maximum atomic E-state index is 11.9. The van der Waals surface area contributed by atoms with Crippen molar-refractivity contribution in [1.82, 2.24) is 9.71 Å². The Kier molecular flexibility index (Phi) is 4.12. The average Bonchev–Trinajstić information content (AvgIpc) is 2.83. The Morgan fingerprint density at radius 3 is 2.75 bits per heavy atom. The van der Waals surface area contributed by atoms with E-state index in [9.17, 15) is 13.2 Å². The Bertz CT molecular complexity index is 764. The van der Waals surface area contributed by atoms with Crippen LogP contribution in [0.15, 0.2) is 33.3 Å². The third-order valence-electron chi connectivity index (χ3n) is 2.60. The van der Waals surface area contributed by atoms with Gasteiger partial charge in [0, 0.05) is 16.8 Å². The fourth-order valence-electron chi connectivity index (χ4n) is 1.61. The molecule has 0 aliphatic carbocycles. The molecule has 1 aromatic heterocycles. The molecule has 7 nitrogen and oxygen atoms in total. The van der Waals surface area contributed by atoms with Gasteiger partial charge in [-0.2, -0.15) is 0 Å². The van der Waals surface area contributed by atoms with Crippen LogP contribution in [0.3, 0.4) is 0 Å². The molecule has 108 valence electrons. The first-order valence-corrected chi connectivity index (χ1v) is 8.02. The van der Waals surface area contributed by atoms with Gasteiger partial charge in [0.2, 0.25) is 10.0 Å². The molecule has 2 aromatic rings. The molecular formula is C11H14N4O3S2. The maximum absolute atomic E-state index is 11.9. The summed E-state index contributed by atoms with van der Waals surface area (Å²) in [6.07, 6.45) is 0. The molecule has 0 aliphatic rings. The van der Waals surface area contributed by atoms with Crippen LogP contribution in [0.5, 0.6) is 0 Å². The van der Waals surface area contributed by atoms with Gasteiger partial charge in [-0.15, -0.1) is 0 Å². The summed E-state index contributed by atoms with van der Waals surface area (Å²) in [4.78, 5) is 13.6. The van der Waals surface area contributed by atoms with E-state index in [-0.39, 0.29) is 9.77 Å². The molecule has 0 radical (unpaired) electrons. The minimum atomic E-state index is -3.61. The predicted molar refractivity (Wildman–Crippen MR) is 79.4 cm³/mol. The van der Waals surface area contributed by atoms with Gasteiger partial charge in [-0.25, -0.2) is 13.1 Å². The highest BCUT2D eigenvalue weighted by Gasteiger charge is 2.17. The number of anilines is 2. The van der Waals surface area contributed by atoms with Crippen molar-refractivity contribution in [3.63, 3.8) is 0 Å². The minimum Gasteiger partial charge on any atom is -0.399 e. The minimum absolute atomic E-state index is 0.0672. The first-order valence-electron chi connectivity index (χ1n) is 5.66. The number of H-pyrrole nitrogens is 1. The smallest absolute Gasteiger partial charge is 0.304 e. The van der Waals surface area contributed by atoms with Gasteiger partial charge < -0.3 is 16.0 Å². The third-order valence-corrected chi connectivity index (χ3v) is 4.78. The fraction of sp³-hybridized carbons (Fsp3) is 0.182. The molecule has 2 rings (SSSR count). The molecule has 0 bridgehead atoms. The molecule has 20 heavy (non-hydrogen) atoms. The van der Waals surface area contributed by atoms with Gasteiger partial charge in [-0.3, -0.25) is 4.79 Å². The number of sulfonamides is 1. The molecule has 0 fully saturated rings. The Balaban J connectivity index is 2.30. The summed E-state index contributed by atoms with van der Waals surface area (Å²) in [7, 11) is -2.28. The molecule has 5 N–H and O–H groups in total. The van der Waals surface area contributed by atoms with Crippen molar-refractivity contribution in [2.24, 2.45) is 0 Å². The molecule has 1 aromatic carbocycles. The van der Waals surface area contributed by atoms with Gasteiger partial charge in [0.05, 0.1) is 12.2 Å². The number of nitrogen functional groups attached to an aromatic ring is 1. The van der Waals surface area contributed by atoms with Crippen molar-refractivity contribution in [2.45, 2.75) is 11.4 Å². The van der Waals surface area contributed by atoms with Gasteiger partial charge in [0.1, 0.15) is 4.90 Å². The quantitative estimate of drug-likeness (QED) is 0.601. The molecule has 0 unspecified atom stereocenters.